The first-order chi connectivity index (χ1) is 17.5. The number of aliphatic hydroxyl groups is 1. The molecule has 1 amide bonds. The van der Waals surface area contributed by atoms with Gasteiger partial charge in [-0.15, -0.1) is 0 Å². The number of ether oxygens (including phenoxy) is 3. The molecule has 3 aromatic rings. The maximum absolute atomic E-state index is 13.3. The molecule has 0 spiro atoms. The number of Topliss-reactive ketones (excluding diaryl/α,β-unsaturated/α-hetero) is 1. The lowest BCUT2D eigenvalue weighted by Crippen LogP contribution is -2.29. The molecule has 1 aliphatic heterocycles. The van der Waals surface area contributed by atoms with Crippen LogP contribution in [0, 0.1) is 0 Å². The Bertz CT molecular complexity index is 1270. The van der Waals surface area contributed by atoms with Crippen LogP contribution in [0.4, 0.5) is 0 Å². The normalized spacial score (nSPS) is 16.8. The summed E-state index contributed by atoms with van der Waals surface area (Å²) in [7, 11) is 3.04. The van der Waals surface area contributed by atoms with Gasteiger partial charge in [0.25, 0.3) is 11.7 Å². The van der Waals surface area contributed by atoms with Crippen LogP contribution in [0.15, 0.2) is 72.6 Å². The number of benzene rings is 2. The molecule has 8 nitrogen and oxygen atoms in total. The molecule has 0 bridgehead atoms. The van der Waals surface area contributed by atoms with Gasteiger partial charge in [0.05, 0.1) is 32.4 Å². The van der Waals surface area contributed by atoms with Crippen molar-refractivity contribution < 1.29 is 28.9 Å². The van der Waals surface area contributed by atoms with E-state index in [2.05, 4.69) is 4.98 Å². The Hall–Kier alpha value is -4.33. The quantitative estimate of drug-likeness (QED) is 0.269. The van der Waals surface area contributed by atoms with Crippen molar-refractivity contribution in [1.29, 1.82) is 0 Å². The zero-order chi connectivity index (χ0) is 25.7. The Morgan fingerprint density at radius 3 is 2.42 bits per heavy atom. The van der Waals surface area contributed by atoms with Crippen LogP contribution in [-0.2, 0) is 16.1 Å². The van der Waals surface area contributed by atoms with E-state index < -0.39 is 17.7 Å². The third-order valence-electron chi connectivity index (χ3n) is 5.95. The van der Waals surface area contributed by atoms with E-state index in [0.29, 0.717) is 35.0 Å². The molecule has 36 heavy (non-hydrogen) atoms. The van der Waals surface area contributed by atoms with Gasteiger partial charge in [0, 0.05) is 36.1 Å². The highest BCUT2D eigenvalue weighted by atomic mass is 16.5. The Morgan fingerprint density at radius 1 is 1.03 bits per heavy atom. The fourth-order valence-electron chi connectivity index (χ4n) is 4.18. The average molecular weight is 489 g/mol. The van der Waals surface area contributed by atoms with Gasteiger partial charge in [-0.05, 0) is 54.4 Å². The van der Waals surface area contributed by atoms with E-state index >= 15 is 0 Å². The van der Waals surface area contributed by atoms with Gasteiger partial charge in [-0.3, -0.25) is 14.6 Å². The van der Waals surface area contributed by atoms with Crippen LogP contribution in [0.2, 0.25) is 0 Å². The molecule has 8 heteroatoms. The zero-order valence-corrected chi connectivity index (χ0v) is 20.4. The van der Waals surface area contributed by atoms with Crippen LogP contribution < -0.4 is 14.2 Å². The zero-order valence-electron chi connectivity index (χ0n) is 20.4. The van der Waals surface area contributed by atoms with E-state index in [1.54, 1.807) is 60.9 Å². The van der Waals surface area contributed by atoms with Crippen molar-refractivity contribution in [2.24, 2.45) is 0 Å². The molecule has 1 saturated heterocycles. The number of methoxy groups -OCH3 is 2. The summed E-state index contributed by atoms with van der Waals surface area (Å²) in [6, 6.07) is 14.6. The molecule has 1 aromatic heterocycles. The van der Waals surface area contributed by atoms with Crippen LogP contribution in [0.3, 0.4) is 0 Å². The van der Waals surface area contributed by atoms with Crippen molar-refractivity contribution in [3.05, 3.63) is 89.3 Å². The molecule has 0 aliphatic carbocycles. The van der Waals surface area contributed by atoms with Crippen molar-refractivity contribution in [3.8, 4) is 17.2 Å². The van der Waals surface area contributed by atoms with Crippen molar-refractivity contribution in [2.75, 3.05) is 20.8 Å². The van der Waals surface area contributed by atoms with E-state index in [1.807, 2.05) is 13.0 Å². The molecule has 1 atom stereocenters. The van der Waals surface area contributed by atoms with E-state index in [4.69, 9.17) is 14.2 Å². The van der Waals surface area contributed by atoms with Crippen molar-refractivity contribution in [1.82, 2.24) is 9.88 Å². The summed E-state index contributed by atoms with van der Waals surface area (Å²) in [5.41, 5.74) is 1.67. The molecule has 0 radical (unpaired) electrons. The first-order valence-corrected chi connectivity index (χ1v) is 11.6. The minimum atomic E-state index is -0.887. The van der Waals surface area contributed by atoms with Gasteiger partial charge in [0.2, 0.25) is 0 Å². The van der Waals surface area contributed by atoms with E-state index in [9.17, 15) is 14.7 Å². The summed E-state index contributed by atoms with van der Waals surface area (Å²) in [6.45, 7) is 2.71. The third kappa shape index (κ3) is 4.88. The van der Waals surface area contributed by atoms with E-state index in [-0.39, 0.29) is 17.9 Å². The summed E-state index contributed by atoms with van der Waals surface area (Å²) < 4.78 is 16.5. The molecular weight excluding hydrogens is 460 g/mol. The van der Waals surface area contributed by atoms with Gasteiger partial charge in [-0.25, -0.2) is 0 Å². The standard InChI is InChI=1S/C28H28N2O6/c1-4-14-36-20-9-7-19(8-10-20)26(31)24-25(22-12-11-21(34-2)15-23(22)35-3)30(28(33)27(24)32)17-18-6-5-13-29-16-18/h5-13,15-16,25,31H,4,14,17H2,1-3H3/b26-24+/t25-/m1/s1. The van der Waals surface area contributed by atoms with Crippen molar-refractivity contribution in [2.45, 2.75) is 25.9 Å². The fraction of sp³-hybridized carbons (Fsp3) is 0.250. The highest BCUT2D eigenvalue weighted by Gasteiger charge is 2.47. The van der Waals surface area contributed by atoms with Crippen LogP contribution in [0.25, 0.3) is 5.76 Å². The van der Waals surface area contributed by atoms with Gasteiger partial charge in [0.15, 0.2) is 0 Å². The number of hydrogen-bond donors (Lipinski definition) is 1. The summed E-state index contributed by atoms with van der Waals surface area (Å²) in [5.74, 6) is -0.128. The number of nitrogens with zero attached hydrogens (tertiary/aromatic N) is 2. The Morgan fingerprint density at radius 2 is 1.78 bits per heavy atom. The first-order valence-electron chi connectivity index (χ1n) is 11.6. The minimum Gasteiger partial charge on any atom is -0.507 e. The van der Waals surface area contributed by atoms with Crippen molar-refractivity contribution in [3.63, 3.8) is 0 Å². The number of aliphatic hydroxyl groups excluding tert-OH is 1. The monoisotopic (exact) mass is 488 g/mol. The Balaban J connectivity index is 1.84. The number of hydrogen-bond acceptors (Lipinski definition) is 7. The number of ketones is 1. The first kappa shape index (κ1) is 24.8. The number of aromatic nitrogens is 1. The smallest absolute Gasteiger partial charge is 0.295 e. The highest BCUT2D eigenvalue weighted by molar-refractivity contribution is 6.46. The molecule has 1 aliphatic rings. The predicted molar refractivity (Wildman–Crippen MR) is 134 cm³/mol. The minimum absolute atomic E-state index is 0.0189. The average Bonchev–Trinajstić information content (AvgIpc) is 3.16. The molecule has 2 heterocycles. The third-order valence-corrected chi connectivity index (χ3v) is 5.95. The maximum Gasteiger partial charge on any atom is 0.295 e. The Kier molecular flexibility index (Phi) is 7.53. The Labute approximate surface area is 209 Å². The SMILES string of the molecule is CCCOc1ccc(/C(O)=C2\C(=O)C(=O)N(Cc3cccnc3)[C@@H]2c2ccc(OC)cc2OC)cc1. The predicted octanol–water partition coefficient (Wildman–Crippen LogP) is 4.51. The number of pyridine rings is 1. The van der Waals surface area contributed by atoms with Gasteiger partial charge >= 0.3 is 0 Å². The second kappa shape index (κ2) is 10.9. The number of amides is 1. The van der Waals surface area contributed by atoms with Crippen LogP contribution >= 0.6 is 0 Å². The van der Waals surface area contributed by atoms with Gasteiger partial charge < -0.3 is 24.2 Å². The van der Waals surface area contributed by atoms with Crippen LogP contribution in [0.5, 0.6) is 17.2 Å². The summed E-state index contributed by atoms with van der Waals surface area (Å²) in [6.07, 6.45) is 4.14. The molecule has 1 N–H and O–H groups in total. The van der Waals surface area contributed by atoms with Crippen LogP contribution in [-0.4, -0.2) is 47.5 Å². The number of carbonyl (C=O) groups excluding carboxylic acids is 2. The van der Waals surface area contributed by atoms with Gasteiger partial charge in [0.1, 0.15) is 23.0 Å². The lowest BCUT2D eigenvalue weighted by atomic mass is 9.94. The van der Waals surface area contributed by atoms with E-state index in [1.165, 1.54) is 19.1 Å². The van der Waals surface area contributed by atoms with E-state index in [0.717, 1.165) is 12.0 Å². The second-order valence-electron chi connectivity index (χ2n) is 8.27. The summed E-state index contributed by atoms with van der Waals surface area (Å²) in [4.78, 5) is 32.1. The van der Waals surface area contributed by atoms with Crippen molar-refractivity contribution >= 4 is 17.4 Å². The maximum atomic E-state index is 13.3. The van der Waals surface area contributed by atoms with Gasteiger partial charge in [-0.1, -0.05) is 13.0 Å². The molecule has 2 aromatic carbocycles. The molecular formula is C28H28N2O6. The molecule has 0 unspecified atom stereocenters. The molecule has 0 saturated carbocycles. The molecule has 4 rings (SSSR count). The number of likely N-dealkylation sites (tertiary alicyclic amines) is 1. The molecule has 1 fully saturated rings. The second-order valence-corrected chi connectivity index (χ2v) is 8.27. The number of carbonyl (C=O) groups is 2. The fourth-order valence-corrected chi connectivity index (χ4v) is 4.18. The van der Waals surface area contributed by atoms with Gasteiger partial charge in [-0.2, -0.15) is 0 Å². The van der Waals surface area contributed by atoms with Crippen LogP contribution in [0.1, 0.15) is 36.1 Å². The molecule has 186 valence electrons. The number of rotatable bonds is 9. The summed E-state index contributed by atoms with van der Waals surface area (Å²) >= 11 is 0. The lowest BCUT2D eigenvalue weighted by Gasteiger charge is -2.26. The highest BCUT2D eigenvalue weighted by Crippen LogP contribution is 2.44. The summed E-state index contributed by atoms with van der Waals surface area (Å²) in [5, 5.41) is 11.3. The lowest BCUT2D eigenvalue weighted by molar-refractivity contribution is -0.140. The largest absolute Gasteiger partial charge is 0.507 e. The topological polar surface area (TPSA) is 98.2 Å².